The molecule has 0 aliphatic carbocycles. The molecular weight excluding hydrogens is 380 g/mol. The molecule has 1 atom stereocenters. The topological polar surface area (TPSA) is 58.1 Å². The molecule has 2 heterocycles. The SMILES string of the molecule is CCCC[C@H](CC)C(=O)NCC1CCN(c2nc(Cc3ccccc3)ns2)CC1. The number of benzene rings is 1. The molecule has 6 heteroatoms. The second-order valence-electron chi connectivity index (χ2n) is 8.08. The van der Waals surface area contributed by atoms with Crippen molar-refractivity contribution in [2.75, 3.05) is 24.5 Å². The Bertz CT molecular complexity index is 740. The van der Waals surface area contributed by atoms with Crippen molar-refractivity contribution in [3.63, 3.8) is 0 Å². The predicted molar refractivity (Wildman–Crippen MR) is 120 cm³/mol. The van der Waals surface area contributed by atoms with Gasteiger partial charge in [-0.1, -0.05) is 57.0 Å². The number of hydrogen-bond donors (Lipinski definition) is 1. The summed E-state index contributed by atoms with van der Waals surface area (Å²) in [5.41, 5.74) is 1.25. The first-order valence-corrected chi connectivity index (χ1v) is 11.9. The van der Waals surface area contributed by atoms with Crippen LogP contribution in [0.25, 0.3) is 0 Å². The Hall–Kier alpha value is -1.95. The average Bonchev–Trinajstić information content (AvgIpc) is 3.22. The van der Waals surface area contributed by atoms with Gasteiger partial charge in [0.2, 0.25) is 11.0 Å². The van der Waals surface area contributed by atoms with Crippen LogP contribution in [0, 0.1) is 11.8 Å². The first-order valence-electron chi connectivity index (χ1n) is 11.1. The number of nitrogens with one attached hydrogen (secondary N) is 1. The van der Waals surface area contributed by atoms with Gasteiger partial charge >= 0.3 is 0 Å². The van der Waals surface area contributed by atoms with Crippen LogP contribution in [0.4, 0.5) is 5.13 Å². The third-order valence-corrected chi connectivity index (χ3v) is 6.70. The Morgan fingerprint density at radius 2 is 2.00 bits per heavy atom. The van der Waals surface area contributed by atoms with Gasteiger partial charge in [0.15, 0.2) is 0 Å². The number of hydrogen-bond acceptors (Lipinski definition) is 5. The highest BCUT2D eigenvalue weighted by atomic mass is 32.1. The van der Waals surface area contributed by atoms with E-state index in [1.807, 2.05) is 6.07 Å². The van der Waals surface area contributed by atoms with Crippen molar-refractivity contribution in [3.8, 4) is 0 Å². The van der Waals surface area contributed by atoms with Gasteiger partial charge in [-0.2, -0.15) is 4.37 Å². The Labute approximate surface area is 179 Å². The van der Waals surface area contributed by atoms with Crippen molar-refractivity contribution in [2.45, 2.75) is 58.8 Å². The highest BCUT2D eigenvalue weighted by Gasteiger charge is 2.23. The van der Waals surface area contributed by atoms with E-state index in [0.717, 1.165) is 75.5 Å². The lowest BCUT2D eigenvalue weighted by Crippen LogP contribution is -2.40. The molecule has 1 aromatic heterocycles. The van der Waals surface area contributed by atoms with Crippen molar-refractivity contribution in [2.24, 2.45) is 11.8 Å². The molecule has 0 unspecified atom stereocenters. The average molecular weight is 415 g/mol. The third kappa shape index (κ3) is 6.53. The number of anilines is 1. The fourth-order valence-corrected chi connectivity index (χ4v) is 4.65. The number of rotatable bonds is 10. The summed E-state index contributed by atoms with van der Waals surface area (Å²) in [6.45, 7) is 7.10. The fraction of sp³-hybridized carbons (Fsp3) is 0.609. The maximum atomic E-state index is 12.4. The number of amides is 1. The Balaban J connectivity index is 1.42. The van der Waals surface area contributed by atoms with E-state index in [4.69, 9.17) is 4.98 Å². The summed E-state index contributed by atoms with van der Waals surface area (Å²) in [5.74, 6) is 1.90. The number of piperidine rings is 1. The lowest BCUT2D eigenvalue weighted by molar-refractivity contribution is -0.125. The normalized spacial score (nSPS) is 16.0. The van der Waals surface area contributed by atoms with Crippen LogP contribution in [0.1, 0.15) is 63.8 Å². The summed E-state index contributed by atoms with van der Waals surface area (Å²) in [7, 11) is 0. The van der Waals surface area contributed by atoms with Gasteiger partial charge in [0.1, 0.15) is 5.82 Å². The highest BCUT2D eigenvalue weighted by Crippen LogP contribution is 2.25. The third-order valence-electron chi connectivity index (χ3n) is 5.88. The van der Waals surface area contributed by atoms with Gasteiger partial charge in [0, 0.05) is 43.5 Å². The van der Waals surface area contributed by atoms with Crippen LogP contribution in [0.5, 0.6) is 0 Å². The maximum Gasteiger partial charge on any atom is 0.223 e. The zero-order valence-corrected chi connectivity index (χ0v) is 18.6. The first-order chi connectivity index (χ1) is 14.2. The number of unbranched alkanes of at least 4 members (excludes halogenated alkanes) is 1. The molecule has 3 rings (SSSR count). The summed E-state index contributed by atoms with van der Waals surface area (Å²) >= 11 is 1.50. The molecule has 1 fully saturated rings. The molecular formula is C23H34N4OS. The Morgan fingerprint density at radius 1 is 1.24 bits per heavy atom. The fourth-order valence-electron chi connectivity index (χ4n) is 3.91. The molecule has 158 valence electrons. The summed E-state index contributed by atoms with van der Waals surface area (Å²) in [5, 5.41) is 4.25. The van der Waals surface area contributed by atoms with Crippen molar-refractivity contribution in [3.05, 3.63) is 41.7 Å². The molecule has 1 aliphatic rings. The molecule has 1 N–H and O–H groups in total. The van der Waals surface area contributed by atoms with E-state index in [0.29, 0.717) is 5.92 Å². The van der Waals surface area contributed by atoms with Gasteiger partial charge in [-0.15, -0.1) is 0 Å². The summed E-state index contributed by atoms with van der Waals surface area (Å²) in [4.78, 5) is 19.5. The molecule has 2 aromatic rings. The molecule has 0 bridgehead atoms. The highest BCUT2D eigenvalue weighted by molar-refractivity contribution is 7.09. The van der Waals surface area contributed by atoms with E-state index in [9.17, 15) is 4.79 Å². The lowest BCUT2D eigenvalue weighted by Gasteiger charge is -2.31. The molecule has 1 saturated heterocycles. The van der Waals surface area contributed by atoms with E-state index in [-0.39, 0.29) is 11.8 Å². The van der Waals surface area contributed by atoms with Crippen molar-refractivity contribution in [1.82, 2.24) is 14.7 Å². The summed E-state index contributed by atoms with van der Waals surface area (Å²) in [6.07, 6.45) is 7.22. The molecule has 29 heavy (non-hydrogen) atoms. The van der Waals surface area contributed by atoms with E-state index in [1.54, 1.807) is 0 Å². The van der Waals surface area contributed by atoms with Gasteiger partial charge < -0.3 is 10.2 Å². The van der Waals surface area contributed by atoms with Gasteiger partial charge in [-0.05, 0) is 37.2 Å². The van der Waals surface area contributed by atoms with Crippen molar-refractivity contribution in [1.29, 1.82) is 0 Å². The monoisotopic (exact) mass is 414 g/mol. The number of aromatic nitrogens is 2. The minimum absolute atomic E-state index is 0.180. The summed E-state index contributed by atoms with van der Waals surface area (Å²) in [6, 6.07) is 10.4. The summed E-state index contributed by atoms with van der Waals surface area (Å²) < 4.78 is 4.55. The molecule has 1 aromatic carbocycles. The van der Waals surface area contributed by atoms with E-state index in [1.165, 1.54) is 17.1 Å². The molecule has 0 radical (unpaired) electrons. The standard InChI is InChI=1S/C23H34N4OS/c1-3-5-11-20(4-2)22(28)24-17-19-12-14-27(15-13-19)23-25-21(26-29-23)16-18-9-7-6-8-10-18/h6-10,19-20H,3-5,11-17H2,1-2H3,(H,24,28)/t20-/m0/s1. The number of carbonyl (C=O) groups is 1. The second kappa shape index (κ2) is 11.3. The van der Waals surface area contributed by atoms with Crippen molar-refractivity contribution < 1.29 is 4.79 Å². The predicted octanol–water partition coefficient (Wildman–Crippen LogP) is 4.68. The zero-order valence-electron chi connectivity index (χ0n) is 17.8. The van der Waals surface area contributed by atoms with Crippen molar-refractivity contribution >= 4 is 22.6 Å². The van der Waals surface area contributed by atoms with E-state index < -0.39 is 0 Å². The van der Waals surface area contributed by atoms with Gasteiger partial charge in [0.05, 0.1) is 0 Å². The Morgan fingerprint density at radius 3 is 2.69 bits per heavy atom. The van der Waals surface area contributed by atoms with Crippen LogP contribution in [-0.2, 0) is 11.2 Å². The van der Waals surface area contributed by atoms with Gasteiger partial charge in [0.25, 0.3) is 0 Å². The molecule has 0 spiro atoms. The van der Waals surface area contributed by atoms with Gasteiger partial charge in [-0.25, -0.2) is 4.98 Å². The van der Waals surface area contributed by atoms with Crippen LogP contribution >= 0.6 is 11.5 Å². The first kappa shape index (κ1) is 21.8. The molecule has 5 nitrogen and oxygen atoms in total. The molecule has 1 amide bonds. The van der Waals surface area contributed by atoms with E-state index in [2.05, 4.69) is 52.7 Å². The van der Waals surface area contributed by atoms with Crippen LogP contribution in [0.2, 0.25) is 0 Å². The van der Waals surface area contributed by atoms with Crippen LogP contribution < -0.4 is 10.2 Å². The largest absolute Gasteiger partial charge is 0.356 e. The minimum Gasteiger partial charge on any atom is -0.356 e. The van der Waals surface area contributed by atoms with Crippen LogP contribution in [-0.4, -0.2) is 34.9 Å². The van der Waals surface area contributed by atoms with Crippen LogP contribution in [0.3, 0.4) is 0 Å². The lowest BCUT2D eigenvalue weighted by atomic mass is 9.95. The smallest absolute Gasteiger partial charge is 0.223 e. The quantitative estimate of drug-likeness (QED) is 0.613. The number of carbonyl (C=O) groups excluding carboxylic acids is 1. The van der Waals surface area contributed by atoms with Crippen LogP contribution in [0.15, 0.2) is 30.3 Å². The molecule has 1 aliphatic heterocycles. The van der Waals surface area contributed by atoms with Gasteiger partial charge in [-0.3, -0.25) is 4.79 Å². The zero-order chi connectivity index (χ0) is 20.5. The minimum atomic E-state index is 0.180. The molecule has 0 saturated carbocycles. The maximum absolute atomic E-state index is 12.4. The second-order valence-corrected chi connectivity index (χ2v) is 8.81. The Kier molecular flexibility index (Phi) is 8.47. The van der Waals surface area contributed by atoms with E-state index >= 15 is 0 Å². The number of nitrogens with zero attached hydrogens (tertiary/aromatic N) is 3.